The van der Waals surface area contributed by atoms with Crippen LogP contribution in [0.15, 0.2) is 0 Å². The molecule has 8 atom stereocenters. The fraction of sp³-hybridized carbons (Fsp3) is 0.958. The molecule has 0 bridgehead atoms. The molecule has 11 heteroatoms. The molecule has 0 aromatic rings. The molecule has 4 aliphatic heterocycles. The minimum absolute atomic E-state index is 0.0268. The lowest BCUT2D eigenvalue weighted by Gasteiger charge is -2.42. The highest BCUT2D eigenvalue weighted by Crippen LogP contribution is 2.33. The van der Waals surface area contributed by atoms with Crippen LogP contribution in [0.5, 0.6) is 0 Å². The van der Waals surface area contributed by atoms with Gasteiger partial charge in [-0.15, -0.1) is 0 Å². The number of rotatable bonds is 7. The first-order chi connectivity index (χ1) is 16.9. The fourth-order valence-electron chi connectivity index (χ4n) is 6.96. The lowest BCUT2D eigenvalue weighted by molar-refractivity contribution is -0.234. The molecule has 0 aromatic heterocycles. The number of carbonyl (C=O) groups excluding carboxylic acids is 1. The first-order valence-corrected chi connectivity index (χ1v) is 13.7. The van der Waals surface area contributed by atoms with E-state index >= 15 is 0 Å². The van der Waals surface area contributed by atoms with Crippen molar-refractivity contribution in [3.05, 3.63) is 0 Å². The molecule has 8 N–H and O–H groups in total. The molecule has 1 saturated carbocycles. The number of aliphatic hydroxyl groups is 2. The minimum atomic E-state index is -2.13. The monoisotopic (exact) mass is 495 g/mol. The lowest BCUT2D eigenvalue weighted by atomic mass is 9.77. The molecule has 0 radical (unpaired) electrons. The summed E-state index contributed by atoms with van der Waals surface area (Å²) in [4.78, 5) is 15.2. The van der Waals surface area contributed by atoms with Gasteiger partial charge >= 0.3 is 0 Å². The van der Waals surface area contributed by atoms with Crippen LogP contribution < -0.4 is 32.1 Å². The Morgan fingerprint density at radius 2 is 1.97 bits per heavy atom. The van der Waals surface area contributed by atoms with Crippen LogP contribution in [-0.4, -0.2) is 96.8 Å². The van der Waals surface area contributed by atoms with E-state index in [2.05, 4.69) is 32.1 Å². The zero-order valence-corrected chi connectivity index (χ0v) is 21.0. The van der Waals surface area contributed by atoms with E-state index in [1.807, 2.05) is 11.9 Å². The maximum Gasteiger partial charge on any atom is 0.254 e. The highest BCUT2D eigenvalue weighted by Gasteiger charge is 2.48. The molecule has 0 spiro atoms. The molecule has 11 nitrogen and oxygen atoms in total. The molecule has 5 aliphatic rings. The van der Waals surface area contributed by atoms with Gasteiger partial charge < -0.3 is 25.6 Å². The van der Waals surface area contributed by atoms with Crippen molar-refractivity contribution >= 4 is 5.78 Å². The summed E-state index contributed by atoms with van der Waals surface area (Å²) in [6.07, 6.45) is 7.46. The van der Waals surface area contributed by atoms with Gasteiger partial charge in [-0.3, -0.25) is 20.3 Å². The average Bonchev–Trinajstić information content (AvgIpc) is 3.27. The Balaban J connectivity index is 1.14. The molecule has 200 valence electrons. The van der Waals surface area contributed by atoms with Crippen molar-refractivity contribution in [2.45, 2.75) is 100 Å². The van der Waals surface area contributed by atoms with Gasteiger partial charge in [0.2, 0.25) is 0 Å². The first-order valence-electron chi connectivity index (χ1n) is 13.7. The van der Waals surface area contributed by atoms with E-state index in [4.69, 9.17) is 4.74 Å². The van der Waals surface area contributed by atoms with Gasteiger partial charge in [0.15, 0.2) is 0 Å². The van der Waals surface area contributed by atoms with E-state index in [-0.39, 0.29) is 30.3 Å². The third-order valence-electron chi connectivity index (χ3n) is 8.88. The number of piperidine rings is 1. The quantitative estimate of drug-likeness (QED) is 0.195. The summed E-state index contributed by atoms with van der Waals surface area (Å²) in [5.41, 5.74) is 6.29. The molecule has 35 heavy (non-hydrogen) atoms. The summed E-state index contributed by atoms with van der Waals surface area (Å²) < 4.78 is 5.95. The van der Waals surface area contributed by atoms with E-state index in [1.54, 1.807) is 0 Å². The SMILES string of the molecule is CN1C(C2CCNCN2)NNC1C(O)(O)NC1CCCC(C(=O)C[C@H]2CCOC3CCCNC32)C1. The van der Waals surface area contributed by atoms with Crippen molar-refractivity contribution < 1.29 is 19.7 Å². The standard InChI is InChI=1S/C24H45N7O4/c1-31-22(18-7-10-25-14-27-18)29-30-23(31)24(33,34)28-17-5-2-4-15(12-17)19(32)13-16-8-11-35-20-6-3-9-26-21(16)20/h15-18,20-23,25-30,33-34H,2-14H2,1H3/t15?,16-,17?,18?,20?,21?,22?,23?/m1/s1. The smallest absolute Gasteiger partial charge is 0.254 e. The van der Waals surface area contributed by atoms with Crippen molar-refractivity contribution in [3.8, 4) is 0 Å². The molecular weight excluding hydrogens is 450 g/mol. The maximum atomic E-state index is 13.3. The van der Waals surface area contributed by atoms with Crippen LogP contribution in [0.2, 0.25) is 0 Å². The Morgan fingerprint density at radius 3 is 2.80 bits per heavy atom. The van der Waals surface area contributed by atoms with Crippen LogP contribution in [0.4, 0.5) is 0 Å². The van der Waals surface area contributed by atoms with Gasteiger partial charge in [0.1, 0.15) is 11.9 Å². The van der Waals surface area contributed by atoms with Gasteiger partial charge in [-0.1, -0.05) is 6.42 Å². The first kappa shape index (κ1) is 25.9. The van der Waals surface area contributed by atoms with Crippen LogP contribution in [0.1, 0.15) is 57.8 Å². The molecule has 7 unspecified atom stereocenters. The zero-order chi connectivity index (χ0) is 24.4. The Morgan fingerprint density at radius 1 is 1.09 bits per heavy atom. The maximum absolute atomic E-state index is 13.3. The molecule has 0 aromatic carbocycles. The van der Waals surface area contributed by atoms with Crippen LogP contribution in [-0.2, 0) is 9.53 Å². The van der Waals surface area contributed by atoms with Gasteiger partial charge in [-0.2, -0.15) is 0 Å². The third-order valence-corrected chi connectivity index (χ3v) is 8.88. The van der Waals surface area contributed by atoms with Gasteiger partial charge in [0, 0.05) is 43.7 Å². The molecule has 0 amide bonds. The number of likely N-dealkylation sites (N-methyl/N-ethyl adjacent to an activating group) is 1. The van der Waals surface area contributed by atoms with E-state index in [9.17, 15) is 15.0 Å². The Bertz CT molecular complexity index is 720. The topological polar surface area (TPSA) is 142 Å². The van der Waals surface area contributed by atoms with Crippen molar-refractivity contribution in [1.29, 1.82) is 0 Å². The number of ether oxygens (including phenoxy) is 1. The van der Waals surface area contributed by atoms with Crippen molar-refractivity contribution in [2.24, 2.45) is 11.8 Å². The number of carbonyl (C=O) groups is 1. The van der Waals surface area contributed by atoms with Crippen molar-refractivity contribution in [1.82, 2.24) is 37.0 Å². The number of nitrogens with zero attached hydrogens (tertiary/aromatic N) is 1. The van der Waals surface area contributed by atoms with Crippen LogP contribution in [0, 0.1) is 11.8 Å². The van der Waals surface area contributed by atoms with Crippen LogP contribution in [0.25, 0.3) is 0 Å². The number of hydrogen-bond acceptors (Lipinski definition) is 11. The van der Waals surface area contributed by atoms with E-state index < -0.39 is 12.1 Å². The highest BCUT2D eigenvalue weighted by atomic mass is 16.5. The lowest BCUT2D eigenvalue weighted by Crippen LogP contribution is -2.66. The zero-order valence-electron chi connectivity index (χ0n) is 21.0. The molecule has 4 heterocycles. The predicted octanol–water partition coefficient (Wildman–Crippen LogP) is -1.51. The number of fused-ring (bicyclic) bond motifs is 1. The molecule has 1 aliphatic carbocycles. The van der Waals surface area contributed by atoms with E-state index in [0.717, 1.165) is 71.3 Å². The molecular formula is C24H45N7O4. The summed E-state index contributed by atoms with van der Waals surface area (Å²) >= 11 is 0. The number of hydrogen-bond donors (Lipinski definition) is 8. The van der Waals surface area contributed by atoms with E-state index in [1.165, 1.54) is 0 Å². The normalized spacial score (nSPS) is 41.5. The van der Waals surface area contributed by atoms with Gasteiger partial charge in [-0.25, -0.2) is 10.9 Å². The fourth-order valence-corrected chi connectivity index (χ4v) is 6.96. The number of ketones is 1. The summed E-state index contributed by atoms with van der Waals surface area (Å²) in [6, 6.07) is 0.379. The predicted molar refractivity (Wildman–Crippen MR) is 131 cm³/mol. The number of hydrazine groups is 1. The minimum Gasteiger partial charge on any atom is -0.377 e. The number of nitrogens with one attached hydrogen (secondary N) is 6. The molecule has 5 rings (SSSR count). The second kappa shape index (κ2) is 11.3. The van der Waals surface area contributed by atoms with Crippen molar-refractivity contribution in [2.75, 3.05) is 33.4 Å². The second-order valence-electron chi connectivity index (χ2n) is 11.3. The summed E-state index contributed by atoms with van der Waals surface area (Å²) in [5, 5.41) is 35.4. The molecule has 5 fully saturated rings. The average molecular weight is 496 g/mol. The molecule has 4 saturated heterocycles. The Hall–Kier alpha value is -0.730. The summed E-state index contributed by atoms with van der Waals surface area (Å²) in [5.74, 6) is -1.49. The summed E-state index contributed by atoms with van der Waals surface area (Å²) in [6.45, 7) is 3.43. The third kappa shape index (κ3) is 5.90. The van der Waals surface area contributed by atoms with Crippen LogP contribution in [0.3, 0.4) is 0 Å². The van der Waals surface area contributed by atoms with Crippen LogP contribution >= 0.6 is 0 Å². The highest BCUT2D eigenvalue weighted by molar-refractivity contribution is 5.81. The second-order valence-corrected chi connectivity index (χ2v) is 11.3. The van der Waals surface area contributed by atoms with Gasteiger partial charge in [0.05, 0.1) is 12.3 Å². The summed E-state index contributed by atoms with van der Waals surface area (Å²) in [7, 11) is 1.89. The Labute approximate surface area is 208 Å². The van der Waals surface area contributed by atoms with Gasteiger partial charge in [-0.05, 0) is 71.0 Å². The largest absolute Gasteiger partial charge is 0.377 e. The number of Topliss-reactive ketones (excluding diaryl/α,β-unsaturated/α-hetero) is 1. The van der Waals surface area contributed by atoms with Crippen molar-refractivity contribution in [3.63, 3.8) is 0 Å². The van der Waals surface area contributed by atoms with E-state index in [0.29, 0.717) is 30.6 Å². The Kier molecular flexibility index (Phi) is 8.39. The van der Waals surface area contributed by atoms with Gasteiger partial charge in [0.25, 0.3) is 5.91 Å².